The highest BCUT2D eigenvalue weighted by Gasteiger charge is 2.31. The fraction of sp³-hybridized carbons (Fsp3) is 0.423. The molecule has 0 radical (unpaired) electrons. The highest BCUT2D eigenvalue weighted by atomic mass is 16.5. The molecule has 0 saturated heterocycles. The van der Waals surface area contributed by atoms with Gasteiger partial charge in [-0.25, -0.2) is 0 Å². The third-order valence-corrected chi connectivity index (χ3v) is 5.44. The summed E-state index contributed by atoms with van der Waals surface area (Å²) in [5, 5.41) is 12.8. The predicted octanol–water partition coefficient (Wildman–Crippen LogP) is 3.09. The van der Waals surface area contributed by atoms with E-state index in [1.807, 2.05) is 0 Å². The second-order valence-electron chi connectivity index (χ2n) is 9.09. The molecule has 1 aliphatic rings. The first kappa shape index (κ1) is 23.7. The lowest BCUT2D eigenvalue weighted by atomic mass is 10.0. The summed E-state index contributed by atoms with van der Waals surface area (Å²) < 4.78 is 16.7. The van der Waals surface area contributed by atoms with Crippen LogP contribution in [-0.4, -0.2) is 33.1 Å². The normalized spacial score (nSPS) is 14.4. The Morgan fingerprint density at radius 1 is 1.03 bits per heavy atom. The zero-order valence-electron chi connectivity index (χ0n) is 19.8. The molecule has 3 rings (SSSR count). The number of methoxy groups -OCH3 is 2. The predicted molar refractivity (Wildman–Crippen MR) is 122 cm³/mol. The zero-order valence-corrected chi connectivity index (χ0v) is 19.8. The van der Waals surface area contributed by atoms with E-state index in [1.165, 1.54) is 11.0 Å². The Morgan fingerprint density at radius 3 is 2.31 bits per heavy atom. The van der Waals surface area contributed by atoms with Gasteiger partial charge in [0.25, 0.3) is 0 Å². The maximum Gasteiger partial charge on any atom is 0.231 e. The number of ether oxygens (including phenoxy) is 3. The first-order chi connectivity index (χ1) is 15.2. The van der Waals surface area contributed by atoms with Crippen LogP contribution in [0.1, 0.15) is 49.2 Å². The van der Waals surface area contributed by atoms with E-state index in [9.17, 15) is 9.90 Å². The van der Waals surface area contributed by atoms with Crippen molar-refractivity contribution in [2.45, 2.75) is 34.2 Å². The van der Waals surface area contributed by atoms with Crippen LogP contribution in [0.4, 0.5) is 0 Å². The van der Waals surface area contributed by atoms with Gasteiger partial charge in [0, 0.05) is 23.0 Å². The van der Waals surface area contributed by atoms with Crippen molar-refractivity contribution in [3.63, 3.8) is 0 Å². The topological polar surface area (TPSA) is 72.3 Å². The van der Waals surface area contributed by atoms with Crippen molar-refractivity contribution in [2.24, 2.45) is 11.8 Å². The molecule has 2 aromatic rings. The Bertz CT molecular complexity index is 1000. The van der Waals surface area contributed by atoms with Crippen LogP contribution >= 0.6 is 0 Å². The number of fused-ring (bicyclic) bond motifs is 1. The molecule has 0 amide bonds. The largest absolute Gasteiger partial charge is 0.872 e. The summed E-state index contributed by atoms with van der Waals surface area (Å²) in [5.74, 6) is 2.46. The van der Waals surface area contributed by atoms with Crippen molar-refractivity contribution in [3.8, 4) is 23.0 Å². The summed E-state index contributed by atoms with van der Waals surface area (Å²) in [4.78, 5) is 14.4. The van der Waals surface area contributed by atoms with Crippen LogP contribution in [0.15, 0.2) is 36.1 Å². The molecule has 1 N–H and O–H groups in total. The lowest BCUT2D eigenvalue weighted by molar-refractivity contribution is -0.919. The number of Topliss-reactive ketones (excluding diaryl/α,β-unsaturated/α-hetero) is 1. The number of carbonyl (C=O) groups is 1. The average Bonchev–Trinajstić information content (AvgIpc) is 3.04. The Labute approximate surface area is 190 Å². The molecule has 0 aliphatic carbocycles. The highest BCUT2D eigenvalue weighted by Crippen LogP contribution is 2.39. The second kappa shape index (κ2) is 10.1. The van der Waals surface area contributed by atoms with Crippen LogP contribution in [0.3, 0.4) is 0 Å². The molecule has 1 aliphatic heterocycles. The van der Waals surface area contributed by atoms with Gasteiger partial charge in [-0.2, -0.15) is 0 Å². The number of nitrogens with one attached hydrogen (secondary N) is 1. The summed E-state index contributed by atoms with van der Waals surface area (Å²) in [6, 6.07) is 8.39. The standard InChI is InChI=1S/C26H33NO5/c1-16(2)13-27(14-17(3)4)15-21-22(28)9-8-20-25(29)24(32-26(20)21)12-18-11-19(30-5)7-10-23(18)31-6/h7-12,16-17,28H,13-15H2,1-6H3. The first-order valence-electron chi connectivity index (χ1n) is 11.1. The van der Waals surface area contributed by atoms with E-state index in [0.29, 0.717) is 52.3 Å². The molecule has 172 valence electrons. The monoisotopic (exact) mass is 439 g/mol. The SMILES string of the molecule is COc1ccc(OC)c(C=C2Oc3c(ccc([O-])c3C[NH+](CC(C)C)CC(C)C)C2=O)c1. The number of ketones is 1. The van der Waals surface area contributed by atoms with Gasteiger partial charge in [0.1, 0.15) is 23.8 Å². The van der Waals surface area contributed by atoms with E-state index in [2.05, 4.69) is 27.7 Å². The van der Waals surface area contributed by atoms with Crippen molar-refractivity contribution in [3.05, 3.63) is 52.8 Å². The maximum atomic E-state index is 13.1. The molecular formula is C26H33NO5. The Kier molecular flexibility index (Phi) is 7.46. The van der Waals surface area contributed by atoms with E-state index < -0.39 is 0 Å². The van der Waals surface area contributed by atoms with Crippen LogP contribution in [-0.2, 0) is 6.54 Å². The van der Waals surface area contributed by atoms with E-state index >= 15 is 0 Å². The molecule has 0 fully saturated rings. The summed E-state index contributed by atoms with van der Waals surface area (Å²) in [6.07, 6.45) is 1.64. The molecule has 6 nitrogen and oxygen atoms in total. The van der Waals surface area contributed by atoms with Crippen molar-refractivity contribution in [1.82, 2.24) is 0 Å². The molecule has 0 saturated carbocycles. The molecule has 0 aromatic heterocycles. The van der Waals surface area contributed by atoms with E-state index in [0.717, 1.165) is 13.1 Å². The Balaban J connectivity index is 1.97. The first-order valence-corrected chi connectivity index (χ1v) is 11.1. The molecular weight excluding hydrogens is 406 g/mol. The quantitative estimate of drug-likeness (QED) is 0.608. The summed E-state index contributed by atoms with van der Waals surface area (Å²) in [7, 11) is 3.15. The van der Waals surface area contributed by atoms with Crippen LogP contribution in [0, 0.1) is 11.8 Å². The molecule has 0 unspecified atom stereocenters. The number of hydrogen-bond acceptors (Lipinski definition) is 5. The fourth-order valence-corrected chi connectivity index (χ4v) is 4.18. The van der Waals surface area contributed by atoms with Crippen LogP contribution in [0.25, 0.3) is 6.08 Å². The van der Waals surface area contributed by atoms with Gasteiger partial charge >= 0.3 is 0 Å². The lowest BCUT2D eigenvalue weighted by Gasteiger charge is -2.26. The van der Waals surface area contributed by atoms with Crippen LogP contribution < -0.4 is 24.2 Å². The van der Waals surface area contributed by atoms with Gasteiger partial charge in [-0.05, 0) is 30.3 Å². The molecule has 32 heavy (non-hydrogen) atoms. The number of hydrogen-bond donors (Lipinski definition) is 1. The van der Waals surface area contributed by atoms with Crippen molar-refractivity contribution in [2.75, 3.05) is 27.3 Å². The number of allylic oxidation sites excluding steroid dienone is 1. The number of rotatable bonds is 9. The Morgan fingerprint density at radius 2 is 1.72 bits per heavy atom. The minimum Gasteiger partial charge on any atom is -0.872 e. The van der Waals surface area contributed by atoms with E-state index in [4.69, 9.17) is 14.2 Å². The van der Waals surface area contributed by atoms with Crippen molar-refractivity contribution >= 4 is 11.9 Å². The lowest BCUT2D eigenvalue weighted by Crippen LogP contribution is -3.11. The zero-order chi connectivity index (χ0) is 23.4. The molecule has 0 bridgehead atoms. The summed E-state index contributed by atoms with van der Waals surface area (Å²) in [6.45, 7) is 11.1. The third-order valence-electron chi connectivity index (χ3n) is 5.44. The minimum absolute atomic E-state index is 0.0956. The number of carbonyl (C=O) groups excluding carboxylic acids is 1. The second-order valence-corrected chi connectivity index (χ2v) is 9.09. The van der Waals surface area contributed by atoms with Crippen LogP contribution in [0.2, 0.25) is 0 Å². The molecule has 0 atom stereocenters. The third kappa shape index (κ3) is 5.25. The summed E-state index contributed by atoms with van der Waals surface area (Å²) in [5.41, 5.74) is 1.66. The minimum atomic E-state index is -0.236. The molecule has 2 aromatic carbocycles. The van der Waals surface area contributed by atoms with Gasteiger partial charge in [0.15, 0.2) is 5.76 Å². The molecule has 6 heteroatoms. The van der Waals surface area contributed by atoms with E-state index in [1.54, 1.807) is 44.6 Å². The number of quaternary nitrogens is 1. The van der Waals surface area contributed by atoms with Gasteiger partial charge in [-0.15, -0.1) is 0 Å². The van der Waals surface area contributed by atoms with Gasteiger partial charge in [-0.3, -0.25) is 4.79 Å². The van der Waals surface area contributed by atoms with Gasteiger partial charge < -0.3 is 24.2 Å². The molecule has 1 heterocycles. The van der Waals surface area contributed by atoms with Crippen molar-refractivity contribution in [1.29, 1.82) is 0 Å². The fourth-order valence-electron chi connectivity index (χ4n) is 4.18. The van der Waals surface area contributed by atoms with Gasteiger partial charge in [0.05, 0.1) is 32.9 Å². The molecule has 0 spiro atoms. The highest BCUT2D eigenvalue weighted by molar-refractivity contribution is 6.15. The summed E-state index contributed by atoms with van der Waals surface area (Å²) >= 11 is 0. The van der Waals surface area contributed by atoms with E-state index in [-0.39, 0.29) is 17.3 Å². The van der Waals surface area contributed by atoms with Crippen molar-refractivity contribution < 1.29 is 29.0 Å². The maximum absolute atomic E-state index is 13.1. The smallest absolute Gasteiger partial charge is 0.231 e. The van der Waals surface area contributed by atoms with Crippen LogP contribution in [0.5, 0.6) is 23.0 Å². The Hall–Kier alpha value is -2.99. The van der Waals surface area contributed by atoms with Gasteiger partial charge in [-0.1, -0.05) is 39.5 Å². The average molecular weight is 440 g/mol. The number of benzene rings is 2. The van der Waals surface area contributed by atoms with Gasteiger partial charge in [0.2, 0.25) is 5.78 Å².